The molecule has 2 heteroatoms. The molecular formula is C13H17NO. The summed E-state index contributed by atoms with van der Waals surface area (Å²) >= 11 is 0. The smallest absolute Gasteiger partial charge is 0.246 e. The van der Waals surface area contributed by atoms with Crippen LogP contribution in [0.4, 0.5) is 0 Å². The molecule has 1 amide bonds. The molecular weight excluding hydrogens is 186 g/mol. The maximum absolute atomic E-state index is 11.4. The molecule has 0 radical (unpaired) electrons. The molecule has 3 atom stereocenters. The highest BCUT2D eigenvalue weighted by Gasteiger charge is 2.35. The number of hydrogen-bond donors (Lipinski definition) is 0. The Labute approximate surface area is 90.6 Å². The summed E-state index contributed by atoms with van der Waals surface area (Å²) in [7, 11) is 0. The van der Waals surface area contributed by atoms with Gasteiger partial charge in [0.25, 0.3) is 0 Å². The fourth-order valence-corrected chi connectivity index (χ4v) is 3.23. The average Bonchev–Trinajstić information content (AvgIpc) is 2.90. The summed E-state index contributed by atoms with van der Waals surface area (Å²) in [6.45, 7) is 1.78. The Balaban J connectivity index is 1.51. The zero-order valence-electron chi connectivity index (χ0n) is 8.93. The largest absolute Gasteiger partial charge is 0.335 e. The Bertz CT molecular complexity index is 331. The summed E-state index contributed by atoms with van der Waals surface area (Å²) in [5, 5.41) is 0. The summed E-state index contributed by atoms with van der Waals surface area (Å²) in [6, 6.07) is 0. The van der Waals surface area contributed by atoms with E-state index in [1.54, 1.807) is 6.08 Å². The maximum atomic E-state index is 11.4. The van der Waals surface area contributed by atoms with Crippen molar-refractivity contribution in [2.75, 3.05) is 13.1 Å². The van der Waals surface area contributed by atoms with Crippen LogP contribution in [0.1, 0.15) is 19.3 Å². The molecule has 0 N–H and O–H groups in total. The van der Waals surface area contributed by atoms with Crippen molar-refractivity contribution in [2.45, 2.75) is 19.3 Å². The topological polar surface area (TPSA) is 20.3 Å². The minimum atomic E-state index is 0.202. The molecule has 1 saturated carbocycles. The lowest BCUT2D eigenvalue weighted by atomic mass is 9.90. The van der Waals surface area contributed by atoms with E-state index in [2.05, 4.69) is 12.2 Å². The van der Waals surface area contributed by atoms with Crippen molar-refractivity contribution in [1.29, 1.82) is 0 Å². The highest BCUT2D eigenvalue weighted by molar-refractivity contribution is 5.89. The third-order valence-corrected chi connectivity index (χ3v) is 4.08. The van der Waals surface area contributed by atoms with Gasteiger partial charge in [-0.25, -0.2) is 0 Å². The molecule has 0 aromatic heterocycles. The molecule has 80 valence electrons. The van der Waals surface area contributed by atoms with Crippen LogP contribution in [0, 0.1) is 17.8 Å². The molecule has 0 spiro atoms. The molecule has 0 aromatic carbocycles. The number of carbonyl (C=O) groups is 1. The summed E-state index contributed by atoms with van der Waals surface area (Å²) < 4.78 is 0. The van der Waals surface area contributed by atoms with Gasteiger partial charge in [0.2, 0.25) is 5.91 Å². The summed E-state index contributed by atoms with van der Waals surface area (Å²) in [5.41, 5.74) is 0. The molecule has 3 rings (SSSR count). The average molecular weight is 203 g/mol. The zero-order chi connectivity index (χ0) is 10.3. The second-order valence-corrected chi connectivity index (χ2v) is 5.02. The molecule has 2 nitrogen and oxygen atoms in total. The fraction of sp³-hybridized carbons (Fsp3) is 0.615. The van der Waals surface area contributed by atoms with E-state index in [0.717, 1.165) is 30.8 Å². The molecule has 2 bridgehead atoms. The van der Waals surface area contributed by atoms with Gasteiger partial charge in [0, 0.05) is 19.2 Å². The van der Waals surface area contributed by atoms with Gasteiger partial charge >= 0.3 is 0 Å². The van der Waals surface area contributed by atoms with Crippen LogP contribution < -0.4 is 0 Å². The van der Waals surface area contributed by atoms with E-state index in [-0.39, 0.29) is 5.91 Å². The van der Waals surface area contributed by atoms with Crippen LogP contribution in [0.15, 0.2) is 24.3 Å². The molecule has 1 fully saturated rings. The van der Waals surface area contributed by atoms with E-state index >= 15 is 0 Å². The van der Waals surface area contributed by atoms with E-state index in [0.29, 0.717) is 0 Å². The third kappa shape index (κ3) is 1.62. The molecule has 3 unspecified atom stereocenters. The predicted molar refractivity (Wildman–Crippen MR) is 59.2 cm³/mol. The lowest BCUT2D eigenvalue weighted by Crippen LogP contribution is -2.28. The van der Waals surface area contributed by atoms with E-state index in [1.165, 1.54) is 19.3 Å². The van der Waals surface area contributed by atoms with Gasteiger partial charge in [0.05, 0.1) is 0 Å². The van der Waals surface area contributed by atoms with Gasteiger partial charge in [-0.3, -0.25) is 4.79 Å². The van der Waals surface area contributed by atoms with Crippen LogP contribution in [0.5, 0.6) is 0 Å². The van der Waals surface area contributed by atoms with Crippen LogP contribution in [-0.4, -0.2) is 23.9 Å². The number of allylic oxidation sites excluding steroid dienone is 2. The van der Waals surface area contributed by atoms with Crippen LogP contribution >= 0.6 is 0 Å². The minimum absolute atomic E-state index is 0.202. The number of carbonyl (C=O) groups excluding carboxylic acids is 1. The molecule has 15 heavy (non-hydrogen) atoms. The Morgan fingerprint density at radius 3 is 2.87 bits per heavy atom. The first-order valence-electron chi connectivity index (χ1n) is 5.97. The molecule has 1 aliphatic heterocycles. The van der Waals surface area contributed by atoms with Gasteiger partial charge in [-0.2, -0.15) is 0 Å². The van der Waals surface area contributed by atoms with Crippen molar-refractivity contribution in [3.8, 4) is 0 Å². The Hall–Kier alpha value is -1.05. The predicted octanol–water partition coefficient (Wildman–Crippen LogP) is 1.99. The fourth-order valence-electron chi connectivity index (χ4n) is 3.23. The van der Waals surface area contributed by atoms with Crippen molar-refractivity contribution in [3.05, 3.63) is 24.3 Å². The van der Waals surface area contributed by atoms with Gasteiger partial charge in [0.1, 0.15) is 0 Å². The van der Waals surface area contributed by atoms with Crippen LogP contribution in [-0.2, 0) is 4.79 Å². The zero-order valence-corrected chi connectivity index (χ0v) is 8.93. The summed E-state index contributed by atoms with van der Waals surface area (Å²) in [4.78, 5) is 13.3. The van der Waals surface area contributed by atoms with Gasteiger partial charge in [-0.15, -0.1) is 0 Å². The molecule has 1 heterocycles. The third-order valence-electron chi connectivity index (χ3n) is 4.08. The van der Waals surface area contributed by atoms with Gasteiger partial charge in [-0.05, 0) is 37.0 Å². The molecule has 3 aliphatic rings. The molecule has 0 saturated heterocycles. The van der Waals surface area contributed by atoms with Gasteiger partial charge in [-0.1, -0.05) is 18.2 Å². The van der Waals surface area contributed by atoms with Crippen molar-refractivity contribution < 1.29 is 4.79 Å². The first kappa shape index (κ1) is 9.20. The normalized spacial score (nSPS) is 37.2. The lowest BCUT2D eigenvalue weighted by Gasteiger charge is -2.22. The van der Waals surface area contributed by atoms with E-state index in [4.69, 9.17) is 0 Å². The van der Waals surface area contributed by atoms with Crippen molar-refractivity contribution in [1.82, 2.24) is 4.90 Å². The van der Waals surface area contributed by atoms with E-state index < -0.39 is 0 Å². The van der Waals surface area contributed by atoms with E-state index in [9.17, 15) is 4.79 Å². The maximum Gasteiger partial charge on any atom is 0.246 e. The van der Waals surface area contributed by atoms with Gasteiger partial charge < -0.3 is 4.90 Å². The van der Waals surface area contributed by atoms with Crippen LogP contribution in [0.2, 0.25) is 0 Å². The number of fused-ring (bicyclic) bond motifs is 2. The van der Waals surface area contributed by atoms with E-state index in [1.807, 2.05) is 11.0 Å². The minimum Gasteiger partial charge on any atom is -0.335 e. The first-order chi connectivity index (χ1) is 7.33. The second kappa shape index (κ2) is 3.51. The summed E-state index contributed by atoms with van der Waals surface area (Å²) in [5.74, 6) is 2.72. The van der Waals surface area contributed by atoms with Crippen molar-refractivity contribution >= 4 is 5.91 Å². The van der Waals surface area contributed by atoms with Gasteiger partial charge in [0.15, 0.2) is 0 Å². The standard InChI is InChI=1S/C13H17NO/c15-13-2-1-6-14(13)7-5-12-9-10-3-4-11(12)8-10/h1-4,10-12H,5-9H2. The van der Waals surface area contributed by atoms with Crippen molar-refractivity contribution in [2.24, 2.45) is 17.8 Å². The Morgan fingerprint density at radius 2 is 2.27 bits per heavy atom. The quantitative estimate of drug-likeness (QED) is 0.642. The highest BCUT2D eigenvalue weighted by Crippen LogP contribution is 2.44. The van der Waals surface area contributed by atoms with Crippen LogP contribution in [0.25, 0.3) is 0 Å². The Morgan fingerprint density at radius 1 is 1.33 bits per heavy atom. The van der Waals surface area contributed by atoms with Crippen molar-refractivity contribution in [3.63, 3.8) is 0 Å². The molecule has 2 aliphatic carbocycles. The Kier molecular flexibility index (Phi) is 2.15. The molecule has 0 aromatic rings. The SMILES string of the molecule is O=C1C=CCN1CCC1CC2C=CC1C2. The number of nitrogens with zero attached hydrogens (tertiary/aromatic N) is 1. The number of rotatable bonds is 3. The highest BCUT2D eigenvalue weighted by atomic mass is 16.2. The number of amides is 1. The monoisotopic (exact) mass is 203 g/mol. The number of hydrogen-bond acceptors (Lipinski definition) is 1. The summed E-state index contributed by atoms with van der Waals surface area (Å²) in [6.07, 6.45) is 12.3. The van der Waals surface area contributed by atoms with Crippen LogP contribution in [0.3, 0.4) is 0 Å². The first-order valence-corrected chi connectivity index (χ1v) is 5.97. The second-order valence-electron chi connectivity index (χ2n) is 5.02. The lowest BCUT2D eigenvalue weighted by molar-refractivity contribution is -0.124.